The molecule has 1 heterocycles. The Morgan fingerprint density at radius 1 is 1.26 bits per heavy atom. The molecule has 2 aromatic rings. The fourth-order valence-corrected chi connectivity index (χ4v) is 3.48. The summed E-state index contributed by atoms with van der Waals surface area (Å²) in [5.41, 5.74) is 3.53. The van der Waals surface area contributed by atoms with E-state index < -0.39 is 0 Å². The molecule has 0 spiro atoms. The van der Waals surface area contributed by atoms with Crippen molar-refractivity contribution in [3.05, 3.63) is 51.0 Å². The first-order chi connectivity index (χ1) is 9.13. The summed E-state index contributed by atoms with van der Waals surface area (Å²) in [5.74, 6) is 0.0147. The maximum absolute atomic E-state index is 12.2. The predicted molar refractivity (Wildman–Crippen MR) is 76.7 cm³/mol. The minimum Gasteiger partial charge on any atom is -0.348 e. The van der Waals surface area contributed by atoms with E-state index in [-0.39, 0.29) is 11.9 Å². The normalized spacial score (nSPS) is 14.4. The third kappa shape index (κ3) is 2.40. The standard InChI is InChI=1S/C15H16N2OS/c1-9-14(19-10(2)16-9)15(18)17-13-7-11-5-3-4-6-12(11)8-13/h3-6,13H,7-8H2,1-2H3,(H,17,18). The average Bonchev–Trinajstić information content (AvgIpc) is 2.91. The minimum absolute atomic E-state index is 0.0147. The van der Waals surface area contributed by atoms with Gasteiger partial charge in [0.2, 0.25) is 0 Å². The number of hydrogen-bond donors (Lipinski definition) is 1. The first kappa shape index (κ1) is 12.4. The van der Waals surface area contributed by atoms with E-state index in [0.717, 1.165) is 28.4 Å². The molecule has 1 N–H and O–H groups in total. The lowest BCUT2D eigenvalue weighted by Crippen LogP contribution is -2.35. The summed E-state index contributed by atoms with van der Waals surface area (Å²) >= 11 is 1.47. The molecule has 0 bridgehead atoms. The molecular formula is C15H16N2OS. The molecule has 1 amide bonds. The molecule has 3 nitrogen and oxygen atoms in total. The van der Waals surface area contributed by atoms with Crippen molar-refractivity contribution in [3.63, 3.8) is 0 Å². The zero-order valence-electron chi connectivity index (χ0n) is 11.1. The van der Waals surface area contributed by atoms with Gasteiger partial charge in [0, 0.05) is 6.04 Å². The molecule has 98 valence electrons. The second-order valence-corrected chi connectivity index (χ2v) is 6.20. The van der Waals surface area contributed by atoms with Crippen molar-refractivity contribution < 1.29 is 4.79 Å². The molecule has 0 atom stereocenters. The molecule has 1 aromatic heterocycles. The van der Waals surface area contributed by atoms with Crippen molar-refractivity contribution in [1.82, 2.24) is 10.3 Å². The van der Waals surface area contributed by atoms with Crippen LogP contribution in [-0.2, 0) is 12.8 Å². The molecule has 3 rings (SSSR count). The molecule has 4 heteroatoms. The summed E-state index contributed by atoms with van der Waals surface area (Å²) in [6.07, 6.45) is 1.86. The number of nitrogens with one attached hydrogen (secondary N) is 1. The van der Waals surface area contributed by atoms with Crippen molar-refractivity contribution in [3.8, 4) is 0 Å². The number of fused-ring (bicyclic) bond motifs is 1. The van der Waals surface area contributed by atoms with Crippen LogP contribution in [0.2, 0.25) is 0 Å². The summed E-state index contributed by atoms with van der Waals surface area (Å²) < 4.78 is 0. The highest BCUT2D eigenvalue weighted by atomic mass is 32.1. The monoisotopic (exact) mass is 272 g/mol. The van der Waals surface area contributed by atoms with Gasteiger partial charge in [0.05, 0.1) is 10.7 Å². The molecular weight excluding hydrogens is 256 g/mol. The summed E-state index contributed by atoms with van der Waals surface area (Å²) in [6.45, 7) is 3.82. The van der Waals surface area contributed by atoms with Crippen LogP contribution in [0, 0.1) is 13.8 Å². The minimum atomic E-state index is 0.0147. The topological polar surface area (TPSA) is 42.0 Å². The van der Waals surface area contributed by atoms with E-state index in [0.29, 0.717) is 0 Å². The summed E-state index contributed by atoms with van der Waals surface area (Å²) in [5, 5.41) is 4.07. The third-order valence-corrected chi connectivity index (χ3v) is 4.57. The SMILES string of the molecule is Cc1nc(C)c(C(=O)NC2Cc3ccccc3C2)s1. The highest BCUT2D eigenvalue weighted by Crippen LogP contribution is 2.23. The molecule has 0 fully saturated rings. The Hall–Kier alpha value is -1.68. The van der Waals surface area contributed by atoms with Gasteiger partial charge in [-0.3, -0.25) is 4.79 Å². The molecule has 1 aliphatic carbocycles. The average molecular weight is 272 g/mol. The van der Waals surface area contributed by atoms with Gasteiger partial charge in [-0.15, -0.1) is 11.3 Å². The van der Waals surface area contributed by atoms with Gasteiger partial charge in [-0.1, -0.05) is 24.3 Å². The second-order valence-electron chi connectivity index (χ2n) is 4.99. The second kappa shape index (κ2) is 4.78. The van der Waals surface area contributed by atoms with Crippen molar-refractivity contribution >= 4 is 17.2 Å². The Bertz CT molecular complexity index is 608. The van der Waals surface area contributed by atoms with Crippen LogP contribution < -0.4 is 5.32 Å². The quantitative estimate of drug-likeness (QED) is 0.913. The highest BCUT2D eigenvalue weighted by molar-refractivity contribution is 7.13. The van der Waals surface area contributed by atoms with E-state index >= 15 is 0 Å². The summed E-state index contributed by atoms with van der Waals surface area (Å²) in [4.78, 5) is 17.3. The van der Waals surface area contributed by atoms with E-state index in [1.165, 1.54) is 22.5 Å². The van der Waals surface area contributed by atoms with Gasteiger partial charge in [-0.25, -0.2) is 4.98 Å². The molecule has 0 saturated heterocycles. The van der Waals surface area contributed by atoms with Gasteiger partial charge in [0.25, 0.3) is 5.91 Å². The van der Waals surface area contributed by atoms with E-state index in [1.807, 2.05) is 13.8 Å². The van der Waals surface area contributed by atoms with E-state index in [9.17, 15) is 4.79 Å². The van der Waals surface area contributed by atoms with Crippen LogP contribution in [0.1, 0.15) is 31.5 Å². The zero-order valence-corrected chi connectivity index (χ0v) is 11.9. The fourth-order valence-electron chi connectivity index (χ4n) is 2.65. The van der Waals surface area contributed by atoms with E-state index in [4.69, 9.17) is 0 Å². The smallest absolute Gasteiger partial charge is 0.263 e. The van der Waals surface area contributed by atoms with Crippen LogP contribution in [0.3, 0.4) is 0 Å². The lowest BCUT2D eigenvalue weighted by molar-refractivity contribution is 0.0942. The number of rotatable bonds is 2. The summed E-state index contributed by atoms with van der Waals surface area (Å²) in [7, 11) is 0. The number of thiazole rings is 1. The van der Waals surface area contributed by atoms with E-state index in [2.05, 4.69) is 34.6 Å². The first-order valence-corrected chi connectivity index (χ1v) is 7.27. The van der Waals surface area contributed by atoms with Crippen molar-refractivity contribution in [2.45, 2.75) is 32.7 Å². The van der Waals surface area contributed by atoms with Gasteiger partial charge in [0.15, 0.2) is 0 Å². The number of amides is 1. The molecule has 0 unspecified atom stereocenters. The Balaban J connectivity index is 1.71. The number of carbonyl (C=O) groups is 1. The Morgan fingerprint density at radius 3 is 2.42 bits per heavy atom. The van der Waals surface area contributed by atoms with Crippen molar-refractivity contribution in [2.24, 2.45) is 0 Å². The number of aromatic nitrogens is 1. The largest absolute Gasteiger partial charge is 0.348 e. The van der Waals surface area contributed by atoms with Gasteiger partial charge >= 0.3 is 0 Å². The third-order valence-electron chi connectivity index (χ3n) is 3.50. The van der Waals surface area contributed by atoms with Crippen LogP contribution in [-0.4, -0.2) is 16.9 Å². The summed E-state index contributed by atoms with van der Waals surface area (Å²) in [6, 6.07) is 8.61. The number of carbonyl (C=O) groups excluding carboxylic acids is 1. The maximum Gasteiger partial charge on any atom is 0.263 e. The van der Waals surface area contributed by atoms with Crippen LogP contribution in [0.15, 0.2) is 24.3 Å². The first-order valence-electron chi connectivity index (χ1n) is 6.45. The van der Waals surface area contributed by atoms with E-state index in [1.54, 1.807) is 0 Å². The molecule has 1 aliphatic rings. The van der Waals surface area contributed by atoms with Gasteiger partial charge in [-0.05, 0) is 37.8 Å². The Labute approximate surface area is 116 Å². The number of aryl methyl sites for hydroxylation is 2. The van der Waals surface area contributed by atoms with Crippen molar-refractivity contribution in [1.29, 1.82) is 0 Å². The zero-order chi connectivity index (χ0) is 13.4. The fraction of sp³-hybridized carbons (Fsp3) is 0.333. The van der Waals surface area contributed by atoms with Crippen LogP contribution >= 0.6 is 11.3 Å². The van der Waals surface area contributed by atoms with Gasteiger partial charge in [-0.2, -0.15) is 0 Å². The van der Waals surface area contributed by atoms with Crippen LogP contribution in [0.5, 0.6) is 0 Å². The Kier molecular flexibility index (Phi) is 3.11. The highest BCUT2D eigenvalue weighted by Gasteiger charge is 2.24. The number of nitrogens with zero attached hydrogens (tertiary/aromatic N) is 1. The maximum atomic E-state index is 12.2. The van der Waals surface area contributed by atoms with Crippen LogP contribution in [0.4, 0.5) is 0 Å². The molecule has 0 aliphatic heterocycles. The van der Waals surface area contributed by atoms with Crippen LogP contribution in [0.25, 0.3) is 0 Å². The molecule has 0 saturated carbocycles. The molecule has 0 radical (unpaired) electrons. The number of benzene rings is 1. The van der Waals surface area contributed by atoms with Gasteiger partial charge in [0.1, 0.15) is 4.88 Å². The molecule has 19 heavy (non-hydrogen) atoms. The van der Waals surface area contributed by atoms with Crippen molar-refractivity contribution in [2.75, 3.05) is 0 Å². The Morgan fingerprint density at radius 2 is 1.89 bits per heavy atom. The lowest BCUT2D eigenvalue weighted by Gasteiger charge is -2.11. The molecule has 1 aromatic carbocycles. The van der Waals surface area contributed by atoms with Gasteiger partial charge < -0.3 is 5.32 Å². The predicted octanol–water partition coefficient (Wildman–Crippen LogP) is 2.66. The number of hydrogen-bond acceptors (Lipinski definition) is 3. The lowest BCUT2D eigenvalue weighted by atomic mass is 10.1.